The summed E-state index contributed by atoms with van der Waals surface area (Å²) in [5.41, 5.74) is 2.76. The summed E-state index contributed by atoms with van der Waals surface area (Å²) in [5.74, 6) is 0.663. The predicted molar refractivity (Wildman–Crippen MR) is 71.1 cm³/mol. The second-order valence-corrected chi connectivity index (χ2v) is 6.03. The van der Waals surface area contributed by atoms with Crippen LogP contribution < -0.4 is 0 Å². The molecule has 1 fully saturated rings. The molecular weight excluding hydrogens is 264 g/mol. The molecule has 3 atom stereocenters. The number of alkyl halides is 1. The van der Waals surface area contributed by atoms with Crippen molar-refractivity contribution in [3.8, 4) is 0 Å². The van der Waals surface area contributed by atoms with Crippen molar-refractivity contribution in [2.24, 2.45) is 5.92 Å². The number of rotatable bonds is 3. The topological polar surface area (TPSA) is 9.23 Å². The molecule has 88 valence electrons. The fraction of sp³-hybridized carbons (Fsp3) is 0.571. The van der Waals surface area contributed by atoms with Crippen LogP contribution in [0.25, 0.3) is 0 Å². The molecule has 0 bridgehead atoms. The Morgan fingerprint density at radius 3 is 2.94 bits per heavy atom. The largest absolute Gasteiger partial charge is 0.378 e. The highest BCUT2D eigenvalue weighted by atomic mass is 79.9. The maximum Gasteiger partial charge on any atom is 0.0551 e. The average molecular weight is 283 g/mol. The summed E-state index contributed by atoms with van der Waals surface area (Å²) in [6.07, 6.45) is 2.71. The van der Waals surface area contributed by atoms with Gasteiger partial charge in [-0.05, 0) is 38.2 Å². The van der Waals surface area contributed by atoms with Gasteiger partial charge in [0.2, 0.25) is 0 Å². The molecule has 0 N–H and O–H groups in total. The molecule has 0 radical (unpaired) electrons. The standard InChI is InChI=1S/C14H19BrO/c1-10-4-3-5-12(6-10)8-14(15)13-7-11(2)16-9-13/h3-6,11,13-14H,7-9H2,1-2H3. The van der Waals surface area contributed by atoms with Gasteiger partial charge in [-0.3, -0.25) is 0 Å². The quantitative estimate of drug-likeness (QED) is 0.768. The van der Waals surface area contributed by atoms with Gasteiger partial charge in [0.05, 0.1) is 12.7 Å². The lowest BCUT2D eigenvalue weighted by Crippen LogP contribution is -2.17. The first kappa shape index (κ1) is 12.1. The molecule has 1 aliphatic rings. The molecule has 3 unspecified atom stereocenters. The third-order valence-electron chi connectivity index (χ3n) is 3.25. The smallest absolute Gasteiger partial charge is 0.0551 e. The van der Waals surface area contributed by atoms with Crippen LogP contribution in [0.5, 0.6) is 0 Å². The fourth-order valence-corrected chi connectivity index (χ4v) is 3.08. The van der Waals surface area contributed by atoms with Gasteiger partial charge in [-0.2, -0.15) is 0 Å². The van der Waals surface area contributed by atoms with Crippen LogP contribution in [0.15, 0.2) is 24.3 Å². The third-order valence-corrected chi connectivity index (χ3v) is 4.33. The first-order valence-electron chi connectivity index (χ1n) is 5.96. The van der Waals surface area contributed by atoms with Gasteiger partial charge in [0.25, 0.3) is 0 Å². The Morgan fingerprint density at radius 2 is 2.31 bits per heavy atom. The number of hydrogen-bond donors (Lipinski definition) is 0. The minimum absolute atomic E-state index is 0.433. The van der Waals surface area contributed by atoms with Crippen molar-refractivity contribution in [2.45, 2.75) is 37.6 Å². The summed E-state index contributed by atoms with van der Waals surface area (Å²) in [6.45, 7) is 5.21. The van der Waals surface area contributed by atoms with E-state index in [1.54, 1.807) is 0 Å². The van der Waals surface area contributed by atoms with Crippen molar-refractivity contribution in [3.05, 3.63) is 35.4 Å². The molecule has 0 aliphatic carbocycles. The second kappa shape index (κ2) is 5.33. The Morgan fingerprint density at radius 1 is 1.50 bits per heavy atom. The molecule has 0 saturated carbocycles. The summed E-state index contributed by atoms with van der Waals surface area (Å²) < 4.78 is 5.62. The van der Waals surface area contributed by atoms with E-state index in [-0.39, 0.29) is 0 Å². The Balaban J connectivity index is 1.94. The Hall–Kier alpha value is -0.340. The Labute approximate surface area is 106 Å². The van der Waals surface area contributed by atoms with E-state index in [4.69, 9.17) is 4.74 Å². The van der Waals surface area contributed by atoms with E-state index in [9.17, 15) is 0 Å². The lowest BCUT2D eigenvalue weighted by Gasteiger charge is -2.16. The summed E-state index contributed by atoms with van der Waals surface area (Å²) in [6, 6.07) is 8.76. The highest BCUT2D eigenvalue weighted by Gasteiger charge is 2.27. The number of benzene rings is 1. The van der Waals surface area contributed by atoms with Crippen molar-refractivity contribution in [2.75, 3.05) is 6.61 Å². The van der Waals surface area contributed by atoms with Gasteiger partial charge in [0, 0.05) is 4.83 Å². The molecule has 0 amide bonds. The Kier molecular flexibility index (Phi) is 4.04. The van der Waals surface area contributed by atoms with Gasteiger partial charge in [-0.1, -0.05) is 45.8 Å². The minimum atomic E-state index is 0.433. The van der Waals surface area contributed by atoms with Gasteiger partial charge >= 0.3 is 0 Å². The molecule has 0 spiro atoms. The van der Waals surface area contributed by atoms with Crippen LogP contribution in [0.4, 0.5) is 0 Å². The first-order chi connectivity index (χ1) is 7.65. The van der Waals surface area contributed by atoms with E-state index in [1.165, 1.54) is 17.5 Å². The minimum Gasteiger partial charge on any atom is -0.378 e. The lowest BCUT2D eigenvalue weighted by atomic mass is 9.96. The van der Waals surface area contributed by atoms with E-state index in [2.05, 4.69) is 54.0 Å². The highest BCUT2D eigenvalue weighted by molar-refractivity contribution is 9.09. The van der Waals surface area contributed by atoms with Crippen LogP contribution in [0, 0.1) is 12.8 Å². The molecule has 16 heavy (non-hydrogen) atoms. The van der Waals surface area contributed by atoms with Gasteiger partial charge in [-0.25, -0.2) is 0 Å². The highest BCUT2D eigenvalue weighted by Crippen LogP contribution is 2.29. The molecule has 1 aliphatic heterocycles. The maximum atomic E-state index is 5.62. The van der Waals surface area contributed by atoms with E-state index >= 15 is 0 Å². The van der Waals surface area contributed by atoms with Crippen LogP contribution in [0.1, 0.15) is 24.5 Å². The van der Waals surface area contributed by atoms with Crippen LogP contribution >= 0.6 is 15.9 Å². The zero-order valence-electron chi connectivity index (χ0n) is 9.95. The molecule has 1 saturated heterocycles. The molecular formula is C14H19BrO. The lowest BCUT2D eigenvalue weighted by molar-refractivity contribution is 0.120. The van der Waals surface area contributed by atoms with Crippen LogP contribution in [-0.4, -0.2) is 17.5 Å². The van der Waals surface area contributed by atoms with Gasteiger partial charge in [0.15, 0.2) is 0 Å². The number of hydrogen-bond acceptors (Lipinski definition) is 1. The van der Waals surface area contributed by atoms with Crippen molar-refractivity contribution in [1.29, 1.82) is 0 Å². The molecule has 1 aromatic rings. The number of aryl methyl sites for hydroxylation is 1. The van der Waals surface area contributed by atoms with Crippen molar-refractivity contribution >= 4 is 15.9 Å². The summed E-state index contributed by atoms with van der Waals surface area (Å²) in [4.78, 5) is 0.541. The van der Waals surface area contributed by atoms with Crippen LogP contribution in [0.3, 0.4) is 0 Å². The molecule has 2 rings (SSSR count). The zero-order chi connectivity index (χ0) is 11.5. The number of halogens is 1. The van der Waals surface area contributed by atoms with E-state index in [0.717, 1.165) is 13.0 Å². The van der Waals surface area contributed by atoms with E-state index in [1.807, 2.05) is 0 Å². The van der Waals surface area contributed by atoms with Crippen LogP contribution in [0.2, 0.25) is 0 Å². The maximum absolute atomic E-state index is 5.62. The molecule has 0 aromatic heterocycles. The summed E-state index contributed by atoms with van der Waals surface area (Å²) in [5, 5.41) is 0. The molecule has 1 nitrogen and oxygen atoms in total. The summed E-state index contributed by atoms with van der Waals surface area (Å²) in [7, 11) is 0. The van der Waals surface area contributed by atoms with Gasteiger partial charge < -0.3 is 4.74 Å². The third kappa shape index (κ3) is 3.08. The second-order valence-electron chi connectivity index (χ2n) is 4.85. The van der Waals surface area contributed by atoms with Crippen LogP contribution in [-0.2, 0) is 11.2 Å². The monoisotopic (exact) mass is 282 g/mol. The van der Waals surface area contributed by atoms with E-state index < -0.39 is 0 Å². The predicted octanol–water partition coefficient (Wildman–Crippen LogP) is 3.73. The van der Waals surface area contributed by atoms with Gasteiger partial charge in [-0.15, -0.1) is 0 Å². The average Bonchev–Trinajstić information content (AvgIpc) is 2.65. The fourth-order valence-electron chi connectivity index (χ4n) is 2.33. The normalized spacial score (nSPS) is 26.9. The first-order valence-corrected chi connectivity index (χ1v) is 6.88. The SMILES string of the molecule is Cc1cccc(CC(Br)C2COC(C)C2)c1. The summed E-state index contributed by atoms with van der Waals surface area (Å²) >= 11 is 3.81. The van der Waals surface area contributed by atoms with Crippen molar-refractivity contribution < 1.29 is 4.74 Å². The molecule has 2 heteroatoms. The van der Waals surface area contributed by atoms with E-state index in [0.29, 0.717) is 16.8 Å². The molecule has 1 heterocycles. The molecule has 1 aromatic carbocycles. The van der Waals surface area contributed by atoms with Crippen molar-refractivity contribution in [3.63, 3.8) is 0 Å². The van der Waals surface area contributed by atoms with Gasteiger partial charge in [0.1, 0.15) is 0 Å². The zero-order valence-corrected chi connectivity index (χ0v) is 11.5. The number of ether oxygens (including phenoxy) is 1. The van der Waals surface area contributed by atoms with Crippen molar-refractivity contribution in [1.82, 2.24) is 0 Å². The Bertz CT molecular complexity index is 350.